The van der Waals surface area contributed by atoms with Crippen LogP contribution in [0.2, 0.25) is 0 Å². The first kappa shape index (κ1) is 6.92. The summed E-state index contributed by atoms with van der Waals surface area (Å²) in [6.45, 7) is 4.55. The van der Waals surface area contributed by atoms with Gasteiger partial charge in [0.05, 0.1) is 0 Å². The zero-order chi connectivity index (χ0) is 7.90. The van der Waals surface area contributed by atoms with Gasteiger partial charge in [-0.15, -0.1) is 0 Å². The molecule has 1 saturated heterocycles. The van der Waals surface area contributed by atoms with E-state index in [-0.39, 0.29) is 5.60 Å². The van der Waals surface area contributed by atoms with Crippen molar-refractivity contribution in [1.82, 2.24) is 0 Å². The van der Waals surface area contributed by atoms with Gasteiger partial charge in [0.15, 0.2) is 6.79 Å². The Morgan fingerprint density at radius 2 is 2.36 bits per heavy atom. The van der Waals surface area contributed by atoms with Crippen molar-refractivity contribution in [2.24, 2.45) is 0 Å². The lowest BCUT2D eigenvalue weighted by Gasteiger charge is -2.23. The van der Waals surface area contributed by atoms with Crippen LogP contribution in [0, 0.1) is 0 Å². The van der Waals surface area contributed by atoms with Crippen molar-refractivity contribution in [1.29, 1.82) is 0 Å². The quantitative estimate of drug-likeness (QED) is 0.528. The minimum atomic E-state index is -0.167. The smallest absolute Gasteiger partial charge is 0.189 e. The maximum atomic E-state index is 5.46. The number of rotatable bonds is 0. The molecule has 60 valence electrons. The van der Waals surface area contributed by atoms with Crippen molar-refractivity contribution in [2.75, 3.05) is 6.79 Å². The first-order valence-corrected chi connectivity index (χ1v) is 3.86. The Kier molecular flexibility index (Phi) is 1.33. The standard InChI is InChI=1S/C9H12O2/c1-7-3-4-9(2)8(5-7)10-6-11-9/h3,5H,4,6H2,1-2H3. The topological polar surface area (TPSA) is 18.5 Å². The van der Waals surface area contributed by atoms with Crippen molar-refractivity contribution < 1.29 is 9.47 Å². The van der Waals surface area contributed by atoms with Crippen molar-refractivity contribution in [3.05, 3.63) is 23.5 Å². The van der Waals surface area contributed by atoms with Crippen LogP contribution in [-0.2, 0) is 9.47 Å². The number of allylic oxidation sites excluding steroid dienone is 2. The highest BCUT2D eigenvalue weighted by molar-refractivity contribution is 5.30. The third kappa shape index (κ3) is 0.979. The average Bonchev–Trinajstić information content (AvgIpc) is 2.31. The second-order valence-corrected chi connectivity index (χ2v) is 3.30. The molecule has 0 radical (unpaired) electrons. The van der Waals surface area contributed by atoms with Crippen LogP contribution in [0.1, 0.15) is 20.3 Å². The van der Waals surface area contributed by atoms with Crippen LogP contribution >= 0.6 is 0 Å². The van der Waals surface area contributed by atoms with Gasteiger partial charge < -0.3 is 9.47 Å². The first-order valence-electron chi connectivity index (χ1n) is 3.86. The molecule has 0 amide bonds. The molecule has 2 rings (SSSR count). The summed E-state index contributed by atoms with van der Waals surface area (Å²) in [4.78, 5) is 0. The number of fused-ring (bicyclic) bond motifs is 1. The van der Waals surface area contributed by atoms with E-state index in [1.54, 1.807) is 0 Å². The molecular weight excluding hydrogens is 140 g/mol. The molecule has 2 nitrogen and oxygen atoms in total. The van der Waals surface area contributed by atoms with Crippen molar-refractivity contribution >= 4 is 0 Å². The molecule has 1 aliphatic heterocycles. The summed E-state index contributed by atoms with van der Waals surface area (Å²) in [5, 5.41) is 0. The third-order valence-electron chi connectivity index (χ3n) is 2.29. The highest BCUT2D eigenvalue weighted by Crippen LogP contribution is 2.36. The molecule has 0 spiro atoms. The van der Waals surface area contributed by atoms with Crippen LogP contribution in [-0.4, -0.2) is 12.4 Å². The normalized spacial score (nSPS) is 35.5. The maximum Gasteiger partial charge on any atom is 0.189 e. The molecular formula is C9H12O2. The van der Waals surface area contributed by atoms with Gasteiger partial charge in [0.25, 0.3) is 0 Å². The summed E-state index contributed by atoms with van der Waals surface area (Å²) in [6.07, 6.45) is 5.17. The van der Waals surface area contributed by atoms with Crippen LogP contribution < -0.4 is 0 Å². The molecule has 0 saturated carbocycles. The Labute approximate surface area is 66.5 Å². The van der Waals surface area contributed by atoms with E-state index in [9.17, 15) is 0 Å². The van der Waals surface area contributed by atoms with Gasteiger partial charge in [0.2, 0.25) is 0 Å². The Morgan fingerprint density at radius 3 is 3.18 bits per heavy atom. The molecule has 1 aliphatic carbocycles. The number of hydrogen-bond donors (Lipinski definition) is 0. The van der Waals surface area contributed by atoms with E-state index in [1.165, 1.54) is 5.57 Å². The first-order chi connectivity index (χ1) is 5.21. The molecule has 2 heteroatoms. The Balaban J connectivity index is 2.34. The molecule has 0 bridgehead atoms. The predicted molar refractivity (Wildman–Crippen MR) is 41.9 cm³/mol. The third-order valence-corrected chi connectivity index (χ3v) is 2.29. The summed E-state index contributed by atoms with van der Waals surface area (Å²) in [5.74, 6) is 0.984. The monoisotopic (exact) mass is 152 g/mol. The fourth-order valence-electron chi connectivity index (χ4n) is 1.42. The van der Waals surface area contributed by atoms with Gasteiger partial charge in [-0.1, -0.05) is 11.6 Å². The molecule has 1 fully saturated rings. The summed E-state index contributed by atoms with van der Waals surface area (Å²) < 4.78 is 10.8. The van der Waals surface area contributed by atoms with Gasteiger partial charge in [-0.25, -0.2) is 0 Å². The Morgan fingerprint density at radius 1 is 1.55 bits per heavy atom. The number of ether oxygens (including phenoxy) is 2. The molecule has 0 aromatic rings. The molecule has 1 atom stereocenters. The molecule has 2 aliphatic rings. The van der Waals surface area contributed by atoms with Crippen molar-refractivity contribution in [3.63, 3.8) is 0 Å². The average molecular weight is 152 g/mol. The lowest BCUT2D eigenvalue weighted by Crippen LogP contribution is -2.26. The van der Waals surface area contributed by atoms with Crippen LogP contribution in [0.25, 0.3) is 0 Å². The summed E-state index contributed by atoms with van der Waals surface area (Å²) >= 11 is 0. The van der Waals surface area contributed by atoms with Gasteiger partial charge in [-0.2, -0.15) is 0 Å². The second-order valence-electron chi connectivity index (χ2n) is 3.30. The minimum Gasteiger partial charge on any atom is -0.469 e. The Bertz CT molecular complexity index is 240. The largest absolute Gasteiger partial charge is 0.469 e. The molecule has 11 heavy (non-hydrogen) atoms. The summed E-state index contributed by atoms with van der Waals surface area (Å²) in [5.41, 5.74) is 1.10. The van der Waals surface area contributed by atoms with Crippen LogP contribution in [0.4, 0.5) is 0 Å². The van der Waals surface area contributed by atoms with Crippen LogP contribution in [0.5, 0.6) is 0 Å². The highest BCUT2D eigenvalue weighted by atomic mass is 16.7. The van der Waals surface area contributed by atoms with Crippen molar-refractivity contribution in [2.45, 2.75) is 25.9 Å². The van der Waals surface area contributed by atoms with E-state index in [1.807, 2.05) is 0 Å². The molecule has 1 heterocycles. The maximum absolute atomic E-state index is 5.46. The summed E-state index contributed by atoms with van der Waals surface area (Å²) in [6, 6.07) is 0. The van der Waals surface area contributed by atoms with Crippen LogP contribution in [0.3, 0.4) is 0 Å². The number of hydrogen-bond acceptors (Lipinski definition) is 2. The van der Waals surface area contributed by atoms with Crippen molar-refractivity contribution in [3.8, 4) is 0 Å². The molecule has 0 aromatic carbocycles. The van der Waals surface area contributed by atoms with E-state index in [0.717, 1.165) is 12.2 Å². The van der Waals surface area contributed by atoms with Gasteiger partial charge >= 0.3 is 0 Å². The zero-order valence-electron chi connectivity index (χ0n) is 6.89. The van der Waals surface area contributed by atoms with E-state index >= 15 is 0 Å². The fourth-order valence-corrected chi connectivity index (χ4v) is 1.42. The van der Waals surface area contributed by atoms with E-state index in [2.05, 4.69) is 26.0 Å². The van der Waals surface area contributed by atoms with Gasteiger partial charge in [0, 0.05) is 6.42 Å². The molecule has 0 aromatic heterocycles. The molecule has 0 N–H and O–H groups in total. The zero-order valence-corrected chi connectivity index (χ0v) is 6.89. The lowest BCUT2D eigenvalue weighted by atomic mass is 9.92. The van der Waals surface area contributed by atoms with E-state index < -0.39 is 0 Å². The fraction of sp³-hybridized carbons (Fsp3) is 0.556. The highest BCUT2D eigenvalue weighted by Gasteiger charge is 2.37. The molecule has 1 unspecified atom stereocenters. The van der Waals surface area contributed by atoms with Gasteiger partial charge in [-0.3, -0.25) is 0 Å². The minimum absolute atomic E-state index is 0.167. The Hall–Kier alpha value is -0.760. The van der Waals surface area contributed by atoms with E-state index in [0.29, 0.717) is 6.79 Å². The van der Waals surface area contributed by atoms with Crippen LogP contribution in [0.15, 0.2) is 23.5 Å². The van der Waals surface area contributed by atoms with Gasteiger partial charge in [-0.05, 0) is 19.9 Å². The SMILES string of the molecule is CC1=CCC2(C)OCOC2=C1. The summed E-state index contributed by atoms with van der Waals surface area (Å²) in [7, 11) is 0. The predicted octanol–water partition coefficient (Wildman–Crippen LogP) is 1.98. The lowest BCUT2D eigenvalue weighted by molar-refractivity contribution is 0.00392. The van der Waals surface area contributed by atoms with Gasteiger partial charge in [0.1, 0.15) is 11.4 Å². The van der Waals surface area contributed by atoms with E-state index in [4.69, 9.17) is 9.47 Å². The second kappa shape index (κ2) is 2.11.